The van der Waals surface area contributed by atoms with Gasteiger partial charge in [0.15, 0.2) is 0 Å². The molecule has 1 aromatic rings. The molecule has 0 fully saturated rings. The SMILES string of the molecule is Cc1cccc(C(=O)NC(CO)CO)c1I. The van der Waals surface area contributed by atoms with E-state index in [0.717, 1.165) is 9.13 Å². The quantitative estimate of drug-likeness (QED) is 0.709. The monoisotopic (exact) mass is 335 g/mol. The Labute approximate surface area is 108 Å². The van der Waals surface area contributed by atoms with Crippen molar-refractivity contribution in [1.29, 1.82) is 0 Å². The maximum absolute atomic E-state index is 11.8. The molecule has 0 spiro atoms. The number of aliphatic hydroxyl groups is 2. The topological polar surface area (TPSA) is 69.6 Å². The lowest BCUT2D eigenvalue weighted by Crippen LogP contribution is -2.40. The molecule has 0 aliphatic heterocycles. The first kappa shape index (κ1) is 13.4. The third-order valence-electron chi connectivity index (χ3n) is 2.21. The van der Waals surface area contributed by atoms with Crippen molar-refractivity contribution in [1.82, 2.24) is 5.32 Å². The Morgan fingerprint density at radius 2 is 2.06 bits per heavy atom. The van der Waals surface area contributed by atoms with E-state index in [1.165, 1.54) is 0 Å². The summed E-state index contributed by atoms with van der Waals surface area (Å²) in [5, 5.41) is 20.3. The lowest BCUT2D eigenvalue weighted by atomic mass is 10.1. The van der Waals surface area contributed by atoms with Crippen molar-refractivity contribution in [2.24, 2.45) is 0 Å². The van der Waals surface area contributed by atoms with E-state index in [4.69, 9.17) is 10.2 Å². The number of rotatable bonds is 4. The number of hydrogen-bond acceptors (Lipinski definition) is 3. The number of aryl methyl sites for hydroxylation is 1. The van der Waals surface area contributed by atoms with Crippen molar-refractivity contribution in [3.05, 3.63) is 32.9 Å². The van der Waals surface area contributed by atoms with Crippen LogP contribution in [0.5, 0.6) is 0 Å². The molecule has 3 N–H and O–H groups in total. The number of amides is 1. The third kappa shape index (κ3) is 3.16. The maximum Gasteiger partial charge on any atom is 0.252 e. The zero-order chi connectivity index (χ0) is 12.1. The first-order valence-corrected chi connectivity index (χ1v) is 5.95. The van der Waals surface area contributed by atoms with Crippen LogP contribution < -0.4 is 5.32 Å². The van der Waals surface area contributed by atoms with Crippen molar-refractivity contribution < 1.29 is 15.0 Å². The van der Waals surface area contributed by atoms with Gasteiger partial charge in [0.1, 0.15) is 0 Å². The summed E-state index contributed by atoms with van der Waals surface area (Å²) in [5.41, 5.74) is 1.59. The Morgan fingerprint density at radius 3 is 2.62 bits per heavy atom. The Bertz CT molecular complexity index is 377. The standard InChI is InChI=1S/C11H14INO3/c1-7-3-2-4-9(10(7)12)11(16)13-8(5-14)6-15/h2-4,8,14-15H,5-6H2,1H3,(H,13,16). The average Bonchev–Trinajstić information content (AvgIpc) is 2.29. The number of hydrogen-bond donors (Lipinski definition) is 3. The highest BCUT2D eigenvalue weighted by Gasteiger charge is 2.14. The predicted octanol–water partition coefficient (Wildman–Crippen LogP) is 0.683. The molecule has 0 unspecified atom stereocenters. The molecule has 0 radical (unpaired) electrons. The molecule has 4 nitrogen and oxygen atoms in total. The first-order valence-electron chi connectivity index (χ1n) is 4.87. The minimum absolute atomic E-state index is 0.273. The second-order valence-electron chi connectivity index (χ2n) is 3.47. The van der Waals surface area contributed by atoms with E-state index >= 15 is 0 Å². The lowest BCUT2D eigenvalue weighted by molar-refractivity contribution is 0.0878. The van der Waals surface area contributed by atoms with E-state index in [-0.39, 0.29) is 19.1 Å². The summed E-state index contributed by atoms with van der Waals surface area (Å²) in [6, 6.07) is 4.84. The van der Waals surface area contributed by atoms with Crippen molar-refractivity contribution in [2.75, 3.05) is 13.2 Å². The van der Waals surface area contributed by atoms with Crippen molar-refractivity contribution in [3.8, 4) is 0 Å². The van der Waals surface area contributed by atoms with E-state index < -0.39 is 6.04 Å². The van der Waals surface area contributed by atoms with Crippen molar-refractivity contribution in [3.63, 3.8) is 0 Å². The number of benzene rings is 1. The normalized spacial score (nSPS) is 10.6. The molecule has 88 valence electrons. The summed E-state index contributed by atoms with van der Waals surface area (Å²) in [5.74, 6) is -0.277. The maximum atomic E-state index is 11.8. The van der Waals surface area contributed by atoms with Gasteiger partial charge in [-0.2, -0.15) is 0 Å². The van der Waals surface area contributed by atoms with Gasteiger partial charge >= 0.3 is 0 Å². The van der Waals surface area contributed by atoms with Crippen LogP contribution in [0.25, 0.3) is 0 Å². The van der Waals surface area contributed by atoms with Gasteiger partial charge in [-0.15, -0.1) is 0 Å². The second kappa shape index (κ2) is 6.17. The summed E-state index contributed by atoms with van der Waals surface area (Å²) in [4.78, 5) is 11.8. The first-order chi connectivity index (χ1) is 7.60. The Balaban J connectivity index is 2.84. The van der Waals surface area contributed by atoms with Crippen molar-refractivity contribution in [2.45, 2.75) is 13.0 Å². The van der Waals surface area contributed by atoms with Crippen LogP contribution in [-0.2, 0) is 0 Å². The van der Waals surface area contributed by atoms with Gasteiger partial charge in [-0.25, -0.2) is 0 Å². The van der Waals surface area contributed by atoms with Gasteiger partial charge in [0, 0.05) is 3.57 Å². The van der Waals surface area contributed by atoms with Crippen LogP contribution in [-0.4, -0.2) is 35.4 Å². The number of aliphatic hydroxyl groups excluding tert-OH is 2. The predicted molar refractivity (Wildman–Crippen MR) is 69.3 cm³/mol. The fourth-order valence-electron chi connectivity index (χ4n) is 1.23. The lowest BCUT2D eigenvalue weighted by Gasteiger charge is -2.14. The number of nitrogens with one attached hydrogen (secondary N) is 1. The molecule has 0 aromatic heterocycles. The largest absolute Gasteiger partial charge is 0.394 e. The van der Waals surface area contributed by atoms with Gasteiger partial charge in [-0.05, 0) is 41.1 Å². The third-order valence-corrected chi connectivity index (χ3v) is 3.64. The molecule has 0 atom stereocenters. The Morgan fingerprint density at radius 1 is 1.44 bits per heavy atom. The van der Waals surface area contributed by atoms with E-state index in [9.17, 15) is 4.79 Å². The zero-order valence-corrected chi connectivity index (χ0v) is 11.1. The van der Waals surface area contributed by atoms with Crippen LogP contribution in [0.2, 0.25) is 0 Å². The molecular weight excluding hydrogens is 321 g/mol. The molecule has 1 rings (SSSR count). The number of carbonyl (C=O) groups excluding carboxylic acids is 1. The Hall–Kier alpha value is -0.660. The van der Waals surface area contributed by atoms with Crippen LogP contribution in [0.15, 0.2) is 18.2 Å². The van der Waals surface area contributed by atoms with Crippen LogP contribution in [0.1, 0.15) is 15.9 Å². The summed E-state index contributed by atoms with van der Waals surface area (Å²) in [6.45, 7) is 1.38. The minimum Gasteiger partial charge on any atom is -0.394 e. The minimum atomic E-state index is -0.608. The number of halogens is 1. The fourth-order valence-corrected chi connectivity index (χ4v) is 1.84. The van der Waals surface area contributed by atoms with Crippen molar-refractivity contribution >= 4 is 28.5 Å². The molecule has 0 bridgehead atoms. The van der Waals surface area contributed by atoms with Crippen LogP contribution in [0.3, 0.4) is 0 Å². The van der Waals surface area contributed by atoms with Crippen LogP contribution >= 0.6 is 22.6 Å². The molecule has 0 aliphatic rings. The van der Waals surface area contributed by atoms with E-state index in [2.05, 4.69) is 27.9 Å². The zero-order valence-electron chi connectivity index (χ0n) is 8.90. The van der Waals surface area contributed by atoms with Gasteiger partial charge in [0.2, 0.25) is 0 Å². The second-order valence-corrected chi connectivity index (χ2v) is 4.55. The molecule has 1 amide bonds. The molecule has 0 heterocycles. The summed E-state index contributed by atoms with van der Waals surface area (Å²) >= 11 is 2.11. The molecule has 0 saturated heterocycles. The summed E-state index contributed by atoms with van der Waals surface area (Å²) < 4.78 is 0.882. The molecule has 1 aromatic carbocycles. The highest BCUT2D eigenvalue weighted by molar-refractivity contribution is 14.1. The number of carbonyl (C=O) groups is 1. The van der Waals surface area contributed by atoms with E-state index in [1.54, 1.807) is 12.1 Å². The van der Waals surface area contributed by atoms with E-state index in [1.807, 2.05) is 13.0 Å². The summed E-state index contributed by atoms with van der Waals surface area (Å²) in [6.07, 6.45) is 0. The van der Waals surface area contributed by atoms with Gasteiger partial charge in [0.25, 0.3) is 5.91 Å². The fraction of sp³-hybridized carbons (Fsp3) is 0.364. The molecule has 16 heavy (non-hydrogen) atoms. The van der Waals surface area contributed by atoms with Crippen LogP contribution in [0.4, 0.5) is 0 Å². The smallest absolute Gasteiger partial charge is 0.252 e. The van der Waals surface area contributed by atoms with Crippen LogP contribution in [0, 0.1) is 10.5 Å². The van der Waals surface area contributed by atoms with Gasteiger partial charge in [0.05, 0.1) is 24.8 Å². The molecule has 0 saturated carbocycles. The molecule has 5 heteroatoms. The Kier molecular flexibility index (Phi) is 5.17. The van der Waals surface area contributed by atoms with Gasteiger partial charge in [-0.3, -0.25) is 4.79 Å². The molecule has 0 aliphatic carbocycles. The molecular formula is C11H14INO3. The highest BCUT2D eigenvalue weighted by Crippen LogP contribution is 2.16. The summed E-state index contributed by atoms with van der Waals surface area (Å²) in [7, 11) is 0. The van der Waals surface area contributed by atoms with Gasteiger partial charge in [-0.1, -0.05) is 12.1 Å². The van der Waals surface area contributed by atoms with E-state index in [0.29, 0.717) is 5.56 Å². The van der Waals surface area contributed by atoms with Gasteiger partial charge < -0.3 is 15.5 Å². The average molecular weight is 335 g/mol. The highest BCUT2D eigenvalue weighted by atomic mass is 127.